The van der Waals surface area contributed by atoms with Crippen LogP contribution in [0.25, 0.3) is 0 Å². The van der Waals surface area contributed by atoms with Crippen molar-refractivity contribution in [3.05, 3.63) is 39.9 Å². The first-order valence-electron chi connectivity index (χ1n) is 7.54. The van der Waals surface area contributed by atoms with Gasteiger partial charge in [-0.1, -0.05) is 26.0 Å². The number of nitrogens with zero attached hydrogens (tertiary/aromatic N) is 2. The fourth-order valence-corrected chi connectivity index (χ4v) is 2.25. The predicted molar refractivity (Wildman–Crippen MR) is 88.6 cm³/mol. The van der Waals surface area contributed by atoms with Gasteiger partial charge in [-0.25, -0.2) is 5.43 Å². The minimum Gasteiger partial charge on any atom is -0.465 e. The SMILES string of the molecule is CCOC(=O)[C@H](C(C)=NNC(=O)c1ccccc1[N+](=O)[O-])C(C)C. The highest BCUT2D eigenvalue weighted by Gasteiger charge is 2.27. The molecule has 1 atom stereocenters. The highest BCUT2D eigenvalue weighted by molar-refractivity contribution is 6.03. The number of rotatable bonds is 7. The van der Waals surface area contributed by atoms with Crippen molar-refractivity contribution in [3.63, 3.8) is 0 Å². The van der Waals surface area contributed by atoms with Gasteiger partial charge in [0.15, 0.2) is 0 Å². The van der Waals surface area contributed by atoms with E-state index in [1.54, 1.807) is 13.8 Å². The van der Waals surface area contributed by atoms with Gasteiger partial charge >= 0.3 is 5.97 Å². The molecule has 0 fully saturated rings. The molecule has 0 saturated carbocycles. The molecular weight excluding hydrogens is 314 g/mol. The highest BCUT2D eigenvalue weighted by Crippen LogP contribution is 2.18. The van der Waals surface area contributed by atoms with E-state index in [1.807, 2.05) is 13.8 Å². The van der Waals surface area contributed by atoms with Crippen LogP contribution in [-0.2, 0) is 9.53 Å². The number of ether oxygens (including phenoxy) is 1. The summed E-state index contributed by atoms with van der Waals surface area (Å²) in [5.41, 5.74) is 2.22. The molecule has 0 bridgehead atoms. The summed E-state index contributed by atoms with van der Waals surface area (Å²) in [7, 11) is 0. The Balaban J connectivity index is 2.96. The lowest BCUT2D eigenvalue weighted by Gasteiger charge is -2.18. The van der Waals surface area contributed by atoms with Crippen LogP contribution in [0.4, 0.5) is 5.69 Å². The van der Waals surface area contributed by atoms with Crippen LogP contribution in [0.5, 0.6) is 0 Å². The molecule has 1 rings (SSSR count). The number of carbonyl (C=O) groups excluding carboxylic acids is 2. The number of hydrogen-bond donors (Lipinski definition) is 1. The topological polar surface area (TPSA) is 111 Å². The molecule has 0 radical (unpaired) electrons. The number of hydrazone groups is 1. The van der Waals surface area contributed by atoms with Crippen molar-refractivity contribution in [2.75, 3.05) is 6.61 Å². The van der Waals surface area contributed by atoms with Crippen LogP contribution in [-0.4, -0.2) is 29.1 Å². The fraction of sp³-hybridized carbons (Fsp3) is 0.438. The van der Waals surface area contributed by atoms with Crippen molar-refractivity contribution < 1.29 is 19.2 Å². The summed E-state index contributed by atoms with van der Waals surface area (Å²) in [6.07, 6.45) is 0. The molecule has 0 aliphatic rings. The van der Waals surface area contributed by atoms with Gasteiger partial charge < -0.3 is 4.74 Å². The lowest BCUT2D eigenvalue weighted by atomic mass is 9.92. The quantitative estimate of drug-likeness (QED) is 0.356. The lowest BCUT2D eigenvalue weighted by molar-refractivity contribution is -0.385. The molecular formula is C16H21N3O5. The summed E-state index contributed by atoms with van der Waals surface area (Å²) in [6.45, 7) is 7.23. The Labute approximate surface area is 140 Å². The van der Waals surface area contributed by atoms with Crippen molar-refractivity contribution in [3.8, 4) is 0 Å². The third-order valence-corrected chi connectivity index (χ3v) is 3.34. The van der Waals surface area contributed by atoms with Gasteiger partial charge in [-0.3, -0.25) is 19.7 Å². The van der Waals surface area contributed by atoms with E-state index in [1.165, 1.54) is 24.3 Å². The summed E-state index contributed by atoms with van der Waals surface area (Å²) < 4.78 is 5.01. The standard InChI is InChI=1S/C16H21N3O5/c1-5-24-16(21)14(10(2)3)11(4)17-18-15(20)12-8-6-7-9-13(12)19(22)23/h6-10,14H,5H2,1-4H3,(H,18,20)/t14-/m0/s1. The molecule has 0 spiro atoms. The smallest absolute Gasteiger partial charge is 0.314 e. The second-order valence-electron chi connectivity index (χ2n) is 5.44. The maximum absolute atomic E-state index is 12.1. The van der Waals surface area contributed by atoms with E-state index in [-0.39, 0.29) is 23.8 Å². The second kappa shape index (κ2) is 8.76. The molecule has 1 N–H and O–H groups in total. The third-order valence-electron chi connectivity index (χ3n) is 3.34. The number of benzene rings is 1. The second-order valence-corrected chi connectivity index (χ2v) is 5.44. The number of nitrogens with one attached hydrogen (secondary N) is 1. The molecule has 0 aliphatic heterocycles. The van der Waals surface area contributed by atoms with Crippen LogP contribution < -0.4 is 5.43 Å². The number of carbonyl (C=O) groups is 2. The van der Waals surface area contributed by atoms with E-state index in [0.717, 1.165) is 0 Å². The summed E-state index contributed by atoms with van der Waals surface area (Å²) in [5.74, 6) is -1.81. The Morgan fingerprint density at radius 2 is 1.96 bits per heavy atom. The minimum absolute atomic E-state index is 0.0734. The molecule has 0 heterocycles. The monoisotopic (exact) mass is 335 g/mol. The maximum atomic E-state index is 12.1. The van der Waals surface area contributed by atoms with Gasteiger partial charge in [-0.2, -0.15) is 5.10 Å². The average Bonchev–Trinajstić information content (AvgIpc) is 2.52. The Hall–Kier alpha value is -2.77. The van der Waals surface area contributed by atoms with Crippen molar-refractivity contribution in [1.82, 2.24) is 5.43 Å². The molecule has 130 valence electrons. The van der Waals surface area contributed by atoms with Crippen LogP contribution in [0.15, 0.2) is 29.4 Å². The molecule has 8 nitrogen and oxygen atoms in total. The van der Waals surface area contributed by atoms with Crippen LogP contribution in [0.2, 0.25) is 0 Å². The molecule has 0 saturated heterocycles. The molecule has 8 heteroatoms. The minimum atomic E-state index is -0.715. The van der Waals surface area contributed by atoms with Gasteiger partial charge in [0.25, 0.3) is 11.6 Å². The molecule has 0 aromatic heterocycles. The molecule has 1 aromatic rings. The summed E-state index contributed by atoms with van der Waals surface area (Å²) in [6, 6.07) is 5.57. The van der Waals surface area contributed by atoms with Gasteiger partial charge in [0, 0.05) is 11.8 Å². The van der Waals surface area contributed by atoms with Crippen molar-refractivity contribution in [2.24, 2.45) is 16.9 Å². The van der Waals surface area contributed by atoms with Gasteiger partial charge in [0.05, 0.1) is 17.4 Å². The summed E-state index contributed by atoms with van der Waals surface area (Å²) >= 11 is 0. The number of nitro benzene ring substituents is 1. The Bertz CT molecular complexity index is 655. The summed E-state index contributed by atoms with van der Waals surface area (Å²) in [5, 5.41) is 14.9. The Kier molecular flexibility index (Phi) is 7.03. The average molecular weight is 335 g/mol. The zero-order valence-electron chi connectivity index (χ0n) is 14.1. The Morgan fingerprint density at radius 3 is 2.50 bits per heavy atom. The number of para-hydroxylation sites is 1. The fourth-order valence-electron chi connectivity index (χ4n) is 2.25. The van der Waals surface area contributed by atoms with Gasteiger partial charge in [-0.15, -0.1) is 0 Å². The van der Waals surface area contributed by atoms with Crippen LogP contribution in [0.3, 0.4) is 0 Å². The third kappa shape index (κ3) is 4.87. The first kappa shape index (κ1) is 19.3. The Morgan fingerprint density at radius 1 is 1.33 bits per heavy atom. The largest absolute Gasteiger partial charge is 0.465 e. The van der Waals surface area contributed by atoms with E-state index in [4.69, 9.17) is 4.74 Å². The lowest BCUT2D eigenvalue weighted by Crippen LogP contribution is -2.31. The van der Waals surface area contributed by atoms with Crippen molar-refractivity contribution >= 4 is 23.3 Å². The summed E-state index contributed by atoms with van der Waals surface area (Å²) in [4.78, 5) is 34.4. The molecule has 1 amide bonds. The highest BCUT2D eigenvalue weighted by atomic mass is 16.6. The molecule has 0 unspecified atom stereocenters. The van der Waals surface area contributed by atoms with Gasteiger partial charge in [-0.05, 0) is 25.8 Å². The van der Waals surface area contributed by atoms with E-state index < -0.39 is 22.7 Å². The van der Waals surface area contributed by atoms with Crippen LogP contribution in [0.1, 0.15) is 38.1 Å². The normalized spacial score (nSPS) is 12.6. The predicted octanol–water partition coefficient (Wildman–Crippen LogP) is 2.54. The van der Waals surface area contributed by atoms with E-state index >= 15 is 0 Å². The van der Waals surface area contributed by atoms with E-state index in [2.05, 4.69) is 10.5 Å². The molecule has 1 aromatic carbocycles. The first-order chi connectivity index (χ1) is 11.3. The van der Waals surface area contributed by atoms with Crippen molar-refractivity contribution in [2.45, 2.75) is 27.7 Å². The van der Waals surface area contributed by atoms with Crippen LogP contribution in [0, 0.1) is 22.0 Å². The molecule has 24 heavy (non-hydrogen) atoms. The van der Waals surface area contributed by atoms with Gasteiger partial charge in [0.2, 0.25) is 0 Å². The zero-order valence-corrected chi connectivity index (χ0v) is 14.1. The maximum Gasteiger partial charge on any atom is 0.314 e. The van der Waals surface area contributed by atoms with Crippen LogP contribution >= 0.6 is 0 Å². The number of hydrogen-bond acceptors (Lipinski definition) is 6. The van der Waals surface area contributed by atoms with Crippen molar-refractivity contribution in [1.29, 1.82) is 0 Å². The van der Waals surface area contributed by atoms with E-state index in [9.17, 15) is 19.7 Å². The number of nitro groups is 1. The number of esters is 1. The van der Waals surface area contributed by atoms with Gasteiger partial charge in [0.1, 0.15) is 5.56 Å². The van der Waals surface area contributed by atoms with E-state index in [0.29, 0.717) is 5.71 Å². The molecule has 0 aliphatic carbocycles. The first-order valence-corrected chi connectivity index (χ1v) is 7.54. The number of amides is 1. The zero-order chi connectivity index (χ0) is 18.3.